The van der Waals surface area contributed by atoms with Gasteiger partial charge in [-0.25, -0.2) is 0 Å². The van der Waals surface area contributed by atoms with Gasteiger partial charge in [0.25, 0.3) is 0 Å². The lowest BCUT2D eigenvalue weighted by Crippen LogP contribution is -2.12. The molecular formula is C12H10N2O2. The van der Waals surface area contributed by atoms with Gasteiger partial charge in [-0.3, -0.25) is 9.78 Å². The first kappa shape index (κ1) is 10.3. The molecule has 2 aromatic rings. The summed E-state index contributed by atoms with van der Waals surface area (Å²) in [6.07, 6.45) is 0.937. The number of fused-ring (bicyclic) bond motifs is 1. The molecule has 0 aliphatic heterocycles. The maximum Gasteiger partial charge on any atom is 0.249 e. The third-order valence-electron chi connectivity index (χ3n) is 2.33. The molecule has 1 aromatic carbocycles. The number of hydrogen-bond donors (Lipinski definition) is 1. The number of primary amides is 1. The molecule has 2 N–H and O–H groups in total. The van der Waals surface area contributed by atoms with Crippen LogP contribution < -0.4 is 5.73 Å². The molecule has 80 valence electrons. The van der Waals surface area contributed by atoms with Crippen molar-refractivity contribution < 1.29 is 9.59 Å². The van der Waals surface area contributed by atoms with E-state index in [1.54, 1.807) is 18.2 Å². The van der Waals surface area contributed by atoms with Crippen molar-refractivity contribution in [2.45, 2.75) is 6.42 Å². The monoisotopic (exact) mass is 214 g/mol. The van der Waals surface area contributed by atoms with Gasteiger partial charge in [-0.1, -0.05) is 18.2 Å². The summed E-state index contributed by atoms with van der Waals surface area (Å²) >= 11 is 0. The van der Waals surface area contributed by atoms with Crippen LogP contribution in [0.1, 0.15) is 16.1 Å². The van der Waals surface area contributed by atoms with Crippen LogP contribution >= 0.6 is 0 Å². The first-order valence-electron chi connectivity index (χ1n) is 4.84. The van der Waals surface area contributed by atoms with Crippen LogP contribution in [0.25, 0.3) is 10.9 Å². The minimum atomic E-state index is -0.509. The van der Waals surface area contributed by atoms with Crippen molar-refractivity contribution in [1.82, 2.24) is 4.98 Å². The second kappa shape index (κ2) is 4.10. The van der Waals surface area contributed by atoms with Crippen LogP contribution in [0.3, 0.4) is 0 Å². The Bertz CT molecular complexity index is 564. The largest absolute Gasteiger partial charge is 0.366 e. The Kier molecular flexibility index (Phi) is 2.64. The van der Waals surface area contributed by atoms with Crippen LogP contribution in [0.2, 0.25) is 0 Å². The number of aldehydes is 1. The Balaban J connectivity index is 2.73. The molecule has 4 heteroatoms. The van der Waals surface area contributed by atoms with Gasteiger partial charge in [0, 0.05) is 17.5 Å². The summed E-state index contributed by atoms with van der Waals surface area (Å²) in [6.45, 7) is 0. The van der Waals surface area contributed by atoms with Gasteiger partial charge in [-0.2, -0.15) is 0 Å². The van der Waals surface area contributed by atoms with E-state index < -0.39 is 5.91 Å². The zero-order chi connectivity index (χ0) is 11.5. The van der Waals surface area contributed by atoms with Crippen molar-refractivity contribution in [3.63, 3.8) is 0 Å². The van der Waals surface area contributed by atoms with E-state index >= 15 is 0 Å². The number of nitrogens with two attached hydrogens (primary N) is 1. The molecule has 0 saturated heterocycles. The van der Waals surface area contributed by atoms with Crippen LogP contribution in [-0.4, -0.2) is 17.2 Å². The lowest BCUT2D eigenvalue weighted by molar-refractivity contribution is -0.107. The number of para-hydroxylation sites is 1. The molecule has 1 heterocycles. The molecule has 0 bridgehead atoms. The molecular weight excluding hydrogens is 204 g/mol. The fraction of sp³-hybridized carbons (Fsp3) is 0.0833. The third kappa shape index (κ3) is 1.77. The second-order valence-electron chi connectivity index (χ2n) is 3.41. The Labute approximate surface area is 92.1 Å². The number of amides is 1. The molecule has 16 heavy (non-hydrogen) atoms. The van der Waals surface area contributed by atoms with E-state index in [9.17, 15) is 9.59 Å². The quantitative estimate of drug-likeness (QED) is 0.777. The van der Waals surface area contributed by atoms with Crippen molar-refractivity contribution in [1.29, 1.82) is 0 Å². The standard InChI is InChI=1S/C12H10N2O2/c13-12(16)10-7-8(5-6-15)14-11-4-2-1-3-9(10)11/h1-4,6-7H,5H2,(H2,13,16). The van der Waals surface area contributed by atoms with Crippen LogP contribution in [-0.2, 0) is 11.2 Å². The SMILES string of the molecule is NC(=O)c1cc(CC=O)nc2ccccc12. The van der Waals surface area contributed by atoms with E-state index in [0.717, 1.165) is 6.29 Å². The summed E-state index contributed by atoms with van der Waals surface area (Å²) in [6, 6.07) is 8.78. The highest BCUT2D eigenvalue weighted by Crippen LogP contribution is 2.17. The molecule has 1 amide bonds. The van der Waals surface area contributed by atoms with E-state index in [0.29, 0.717) is 22.2 Å². The van der Waals surface area contributed by atoms with Crippen molar-refractivity contribution in [2.24, 2.45) is 5.73 Å². The molecule has 0 radical (unpaired) electrons. The molecule has 0 unspecified atom stereocenters. The third-order valence-corrected chi connectivity index (χ3v) is 2.33. The molecule has 0 aliphatic carbocycles. The first-order valence-corrected chi connectivity index (χ1v) is 4.84. The van der Waals surface area contributed by atoms with Crippen molar-refractivity contribution in [3.05, 3.63) is 41.6 Å². The lowest BCUT2D eigenvalue weighted by Gasteiger charge is -2.04. The predicted octanol–water partition coefficient (Wildman–Crippen LogP) is 1.08. The molecule has 0 fully saturated rings. The van der Waals surface area contributed by atoms with Crippen LogP contribution in [0, 0.1) is 0 Å². The normalized spacial score (nSPS) is 10.2. The Morgan fingerprint density at radius 1 is 1.38 bits per heavy atom. The van der Waals surface area contributed by atoms with Gasteiger partial charge in [-0.05, 0) is 12.1 Å². The summed E-state index contributed by atoms with van der Waals surface area (Å²) in [5, 5.41) is 0.713. The molecule has 2 rings (SSSR count). The summed E-state index contributed by atoms with van der Waals surface area (Å²) in [7, 11) is 0. The van der Waals surface area contributed by atoms with Crippen LogP contribution in [0.4, 0.5) is 0 Å². The van der Waals surface area contributed by atoms with E-state index in [-0.39, 0.29) is 6.42 Å². The molecule has 0 atom stereocenters. The molecule has 1 aromatic heterocycles. The second-order valence-corrected chi connectivity index (χ2v) is 3.41. The summed E-state index contributed by atoms with van der Waals surface area (Å²) in [5.74, 6) is -0.509. The summed E-state index contributed by atoms with van der Waals surface area (Å²) in [5.41, 5.74) is 6.93. The van der Waals surface area contributed by atoms with Gasteiger partial charge in [-0.15, -0.1) is 0 Å². The van der Waals surface area contributed by atoms with E-state index in [1.165, 1.54) is 0 Å². The number of carbonyl (C=O) groups excluding carboxylic acids is 2. The smallest absolute Gasteiger partial charge is 0.249 e. The molecule has 0 saturated carbocycles. The fourth-order valence-corrected chi connectivity index (χ4v) is 1.62. The fourth-order valence-electron chi connectivity index (χ4n) is 1.62. The number of carbonyl (C=O) groups is 2. The van der Waals surface area contributed by atoms with Gasteiger partial charge in [0.05, 0.1) is 11.1 Å². The van der Waals surface area contributed by atoms with Crippen LogP contribution in [0.15, 0.2) is 30.3 Å². The Morgan fingerprint density at radius 2 is 2.12 bits per heavy atom. The summed E-state index contributed by atoms with van der Waals surface area (Å²) in [4.78, 5) is 26.0. The Morgan fingerprint density at radius 3 is 2.81 bits per heavy atom. The number of rotatable bonds is 3. The predicted molar refractivity (Wildman–Crippen MR) is 60.0 cm³/mol. The van der Waals surface area contributed by atoms with E-state index in [1.807, 2.05) is 12.1 Å². The zero-order valence-corrected chi connectivity index (χ0v) is 8.51. The van der Waals surface area contributed by atoms with E-state index in [2.05, 4.69) is 4.98 Å². The van der Waals surface area contributed by atoms with Crippen molar-refractivity contribution in [2.75, 3.05) is 0 Å². The highest BCUT2D eigenvalue weighted by molar-refractivity contribution is 6.05. The first-order chi connectivity index (χ1) is 7.72. The minimum Gasteiger partial charge on any atom is -0.366 e. The van der Waals surface area contributed by atoms with Crippen LogP contribution in [0.5, 0.6) is 0 Å². The Hall–Kier alpha value is -2.23. The van der Waals surface area contributed by atoms with Gasteiger partial charge in [0.15, 0.2) is 0 Å². The van der Waals surface area contributed by atoms with Crippen molar-refractivity contribution in [3.8, 4) is 0 Å². The average Bonchev–Trinajstić information content (AvgIpc) is 2.28. The highest BCUT2D eigenvalue weighted by atomic mass is 16.1. The molecule has 0 spiro atoms. The van der Waals surface area contributed by atoms with E-state index in [4.69, 9.17) is 5.73 Å². The lowest BCUT2D eigenvalue weighted by atomic mass is 10.1. The summed E-state index contributed by atoms with van der Waals surface area (Å²) < 4.78 is 0. The van der Waals surface area contributed by atoms with Gasteiger partial charge < -0.3 is 10.5 Å². The number of pyridine rings is 1. The maximum absolute atomic E-state index is 11.3. The van der Waals surface area contributed by atoms with Gasteiger partial charge >= 0.3 is 0 Å². The maximum atomic E-state index is 11.3. The minimum absolute atomic E-state index is 0.186. The zero-order valence-electron chi connectivity index (χ0n) is 8.51. The average molecular weight is 214 g/mol. The number of benzene rings is 1. The molecule has 0 aliphatic rings. The van der Waals surface area contributed by atoms with Crippen molar-refractivity contribution >= 4 is 23.1 Å². The van der Waals surface area contributed by atoms with Gasteiger partial charge in [0.1, 0.15) is 6.29 Å². The number of aromatic nitrogens is 1. The molecule has 4 nitrogen and oxygen atoms in total. The number of hydrogen-bond acceptors (Lipinski definition) is 3. The highest BCUT2D eigenvalue weighted by Gasteiger charge is 2.09. The topological polar surface area (TPSA) is 73.1 Å². The van der Waals surface area contributed by atoms with Gasteiger partial charge in [0.2, 0.25) is 5.91 Å². The number of nitrogens with zero attached hydrogens (tertiary/aromatic N) is 1.